The zero-order valence-corrected chi connectivity index (χ0v) is 13.2. The number of aromatic nitrogens is 1. The highest BCUT2D eigenvalue weighted by Crippen LogP contribution is 2.23. The molecule has 1 aromatic carbocycles. The Bertz CT molecular complexity index is 648. The van der Waals surface area contributed by atoms with Crippen LogP contribution in [-0.2, 0) is 11.3 Å². The number of para-hydroxylation sites is 1. The average Bonchev–Trinajstić information content (AvgIpc) is 2.74. The van der Waals surface area contributed by atoms with E-state index in [0.29, 0.717) is 18.4 Å². The SMILES string of the molecule is Cc1cc2ccccc2n1CC(=O)N1CC(C)CC(C)C1. The number of carbonyl (C=O) groups is 1. The van der Waals surface area contributed by atoms with Crippen molar-refractivity contribution in [2.24, 2.45) is 11.8 Å². The second-order valence-electron chi connectivity index (χ2n) is 6.68. The summed E-state index contributed by atoms with van der Waals surface area (Å²) in [6.45, 7) is 8.83. The molecular formula is C18H24N2O. The smallest absolute Gasteiger partial charge is 0.242 e. The summed E-state index contributed by atoms with van der Waals surface area (Å²) in [7, 11) is 0. The van der Waals surface area contributed by atoms with Crippen LogP contribution in [0.3, 0.4) is 0 Å². The molecule has 1 aliphatic rings. The molecule has 21 heavy (non-hydrogen) atoms. The summed E-state index contributed by atoms with van der Waals surface area (Å²) in [4.78, 5) is 14.7. The molecule has 0 radical (unpaired) electrons. The third-order valence-electron chi connectivity index (χ3n) is 4.53. The van der Waals surface area contributed by atoms with E-state index in [-0.39, 0.29) is 5.91 Å². The first-order valence-corrected chi connectivity index (χ1v) is 7.87. The molecule has 3 rings (SSSR count). The van der Waals surface area contributed by atoms with E-state index in [1.165, 1.54) is 11.8 Å². The van der Waals surface area contributed by atoms with Crippen LogP contribution in [-0.4, -0.2) is 28.5 Å². The van der Waals surface area contributed by atoms with Gasteiger partial charge in [0.25, 0.3) is 0 Å². The lowest BCUT2D eigenvalue weighted by molar-refractivity contribution is -0.134. The van der Waals surface area contributed by atoms with Crippen LogP contribution in [0.5, 0.6) is 0 Å². The van der Waals surface area contributed by atoms with Gasteiger partial charge in [0.1, 0.15) is 6.54 Å². The topological polar surface area (TPSA) is 25.2 Å². The number of aryl methyl sites for hydroxylation is 1. The number of fused-ring (bicyclic) bond motifs is 1. The molecule has 1 amide bonds. The molecule has 0 spiro atoms. The molecule has 2 heterocycles. The maximum atomic E-state index is 12.7. The number of rotatable bonds is 2. The molecule has 1 fully saturated rings. The monoisotopic (exact) mass is 284 g/mol. The summed E-state index contributed by atoms with van der Waals surface area (Å²) in [6.07, 6.45) is 1.23. The van der Waals surface area contributed by atoms with Gasteiger partial charge in [-0.15, -0.1) is 0 Å². The van der Waals surface area contributed by atoms with Crippen LogP contribution >= 0.6 is 0 Å². The number of hydrogen-bond donors (Lipinski definition) is 0. The Kier molecular flexibility index (Phi) is 3.75. The molecule has 3 heteroatoms. The first-order valence-electron chi connectivity index (χ1n) is 7.87. The second kappa shape index (κ2) is 5.55. The molecule has 0 bridgehead atoms. The Balaban J connectivity index is 1.81. The van der Waals surface area contributed by atoms with Gasteiger partial charge < -0.3 is 9.47 Å². The van der Waals surface area contributed by atoms with Crippen molar-refractivity contribution in [3.05, 3.63) is 36.0 Å². The van der Waals surface area contributed by atoms with Gasteiger partial charge in [-0.1, -0.05) is 32.0 Å². The molecule has 1 aromatic heterocycles. The number of benzene rings is 1. The molecule has 1 aliphatic heterocycles. The lowest BCUT2D eigenvalue weighted by atomic mass is 9.92. The van der Waals surface area contributed by atoms with E-state index in [1.807, 2.05) is 17.0 Å². The van der Waals surface area contributed by atoms with Crippen LogP contribution in [0.15, 0.2) is 30.3 Å². The predicted octanol–water partition coefficient (Wildman–Crippen LogP) is 3.45. The van der Waals surface area contributed by atoms with Gasteiger partial charge in [-0.2, -0.15) is 0 Å². The first kappa shape index (κ1) is 14.2. The summed E-state index contributed by atoms with van der Waals surface area (Å²) in [5, 5.41) is 1.21. The van der Waals surface area contributed by atoms with Gasteiger partial charge in [0.05, 0.1) is 0 Å². The van der Waals surface area contributed by atoms with Crippen molar-refractivity contribution in [3.63, 3.8) is 0 Å². The molecule has 2 unspecified atom stereocenters. The fraction of sp³-hybridized carbons (Fsp3) is 0.500. The Hall–Kier alpha value is -1.77. The van der Waals surface area contributed by atoms with Gasteiger partial charge in [0.15, 0.2) is 0 Å². The number of amides is 1. The minimum Gasteiger partial charge on any atom is -0.341 e. The van der Waals surface area contributed by atoms with Crippen LogP contribution in [0.1, 0.15) is 26.0 Å². The lowest BCUT2D eigenvalue weighted by Crippen LogP contribution is -2.44. The first-order chi connectivity index (χ1) is 10.0. The van der Waals surface area contributed by atoms with E-state index >= 15 is 0 Å². The van der Waals surface area contributed by atoms with Crippen LogP contribution in [0.2, 0.25) is 0 Å². The summed E-state index contributed by atoms with van der Waals surface area (Å²) in [6, 6.07) is 10.4. The van der Waals surface area contributed by atoms with Crippen molar-refractivity contribution in [1.29, 1.82) is 0 Å². The van der Waals surface area contributed by atoms with E-state index in [2.05, 4.69) is 43.5 Å². The van der Waals surface area contributed by atoms with Gasteiger partial charge in [-0.05, 0) is 42.7 Å². The van der Waals surface area contributed by atoms with Crippen LogP contribution in [0, 0.1) is 18.8 Å². The van der Waals surface area contributed by atoms with Gasteiger partial charge in [0, 0.05) is 24.3 Å². The Morgan fingerprint density at radius 1 is 1.19 bits per heavy atom. The fourth-order valence-electron chi connectivity index (χ4n) is 3.66. The number of hydrogen-bond acceptors (Lipinski definition) is 1. The van der Waals surface area contributed by atoms with Gasteiger partial charge in [0.2, 0.25) is 5.91 Å². The Morgan fingerprint density at radius 3 is 2.57 bits per heavy atom. The number of piperidine rings is 1. The predicted molar refractivity (Wildman–Crippen MR) is 86.2 cm³/mol. The summed E-state index contributed by atoms with van der Waals surface area (Å²) in [5.74, 6) is 1.47. The molecule has 2 aromatic rings. The minimum absolute atomic E-state index is 0.248. The largest absolute Gasteiger partial charge is 0.341 e. The van der Waals surface area contributed by atoms with Crippen molar-refractivity contribution in [2.45, 2.75) is 33.7 Å². The van der Waals surface area contributed by atoms with Gasteiger partial charge in [-0.3, -0.25) is 4.79 Å². The van der Waals surface area contributed by atoms with Crippen molar-refractivity contribution < 1.29 is 4.79 Å². The van der Waals surface area contributed by atoms with Crippen molar-refractivity contribution >= 4 is 16.8 Å². The maximum absolute atomic E-state index is 12.7. The summed E-state index contributed by atoms with van der Waals surface area (Å²) in [5.41, 5.74) is 2.31. The molecule has 0 aliphatic carbocycles. The third kappa shape index (κ3) is 2.82. The van der Waals surface area contributed by atoms with Crippen LogP contribution in [0.4, 0.5) is 0 Å². The highest BCUT2D eigenvalue weighted by atomic mass is 16.2. The van der Waals surface area contributed by atoms with Crippen LogP contribution in [0.25, 0.3) is 10.9 Å². The fourth-order valence-corrected chi connectivity index (χ4v) is 3.66. The zero-order valence-electron chi connectivity index (χ0n) is 13.2. The van der Waals surface area contributed by atoms with Crippen LogP contribution < -0.4 is 0 Å². The molecule has 0 N–H and O–H groups in total. The van der Waals surface area contributed by atoms with Crippen molar-refractivity contribution in [3.8, 4) is 0 Å². The lowest BCUT2D eigenvalue weighted by Gasteiger charge is -2.35. The summed E-state index contributed by atoms with van der Waals surface area (Å²) < 4.78 is 2.14. The van der Waals surface area contributed by atoms with Crippen molar-refractivity contribution in [2.75, 3.05) is 13.1 Å². The highest BCUT2D eigenvalue weighted by Gasteiger charge is 2.25. The van der Waals surface area contributed by atoms with E-state index in [0.717, 1.165) is 24.3 Å². The van der Waals surface area contributed by atoms with Gasteiger partial charge in [-0.25, -0.2) is 0 Å². The maximum Gasteiger partial charge on any atom is 0.242 e. The highest BCUT2D eigenvalue weighted by molar-refractivity contribution is 5.84. The molecular weight excluding hydrogens is 260 g/mol. The third-order valence-corrected chi connectivity index (χ3v) is 4.53. The normalized spacial score (nSPS) is 22.7. The number of likely N-dealkylation sites (tertiary alicyclic amines) is 1. The minimum atomic E-state index is 0.248. The molecule has 3 nitrogen and oxygen atoms in total. The number of carbonyl (C=O) groups excluding carboxylic acids is 1. The Labute approximate surface area is 126 Å². The molecule has 2 atom stereocenters. The van der Waals surface area contributed by atoms with E-state index in [4.69, 9.17) is 0 Å². The molecule has 112 valence electrons. The van der Waals surface area contributed by atoms with Crippen molar-refractivity contribution in [1.82, 2.24) is 9.47 Å². The quantitative estimate of drug-likeness (QED) is 0.829. The van der Waals surface area contributed by atoms with E-state index in [1.54, 1.807) is 0 Å². The molecule has 1 saturated heterocycles. The average molecular weight is 284 g/mol. The van der Waals surface area contributed by atoms with E-state index < -0.39 is 0 Å². The van der Waals surface area contributed by atoms with E-state index in [9.17, 15) is 4.79 Å². The standard InChI is InChI=1S/C18H24N2O/c1-13-8-14(2)11-19(10-13)18(21)12-20-15(3)9-16-6-4-5-7-17(16)20/h4-7,9,13-14H,8,10-12H2,1-3H3. The van der Waals surface area contributed by atoms with Gasteiger partial charge >= 0.3 is 0 Å². The zero-order chi connectivity index (χ0) is 15.0. The number of nitrogens with zero attached hydrogens (tertiary/aromatic N) is 2. The second-order valence-corrected chi connectivity index (χ2v) is 6.68. The Morgan fingerprint density at radius 2 is 1.86 bits per heavy atom. The summed E-state index contributed by atoms with van der Waals surface area (Å²) >= 11 is 0. The molecule has 0 saturated carbocycles.